The molecule has 3 aromatic carbocycles. The Morgan fingerprint density at radius 2 is 1.62 bits per heavy atom. The molecular weight excluding hydrogens is 572 g/mol. The summed E-state index contributed by atoms with van der Waals surface area (Å²) in [6.45, 7) is 0. The van der Waals surface area contributed by atoms with E-state index in [2.05, 4.69) is 15.9 Å². The number of hydrogen-bond donors (Lipinski definition) is 1. The van der Waals surface area contributed by atoms with E-state index in [4.69, 9.17) is 10.5 Å². The predicted molar refractivity (Wildman–Crippen MR) is 149 cm³/mol. The molecular formula is C27H27BrN4O7. The van der Waals surface area contributed by atoms with Gasteiger partial charge in [-0.15, -0.1) is 0 Å². The van der Waals surface area contributed by atoms with Crippen molar-refractivity contribution in [1.29, 1.82) is 0 Å². The van der Waals surface area contributed by atoms with Gasteiger partial charge in [-0.3, -0.25) is 34.7 Å². The molecule has 11 nitrogen and oxygen atoms in total. The Labute approximate surface area is 233 Å². The van der Waals surface area contributed by atoms with Crippen LogP contribution in [0.2, 0.25) is 0 Å². The van der Waals surface area contributed by atoms with Crippen LogP contribution >= 0.6 is 15.9 Å². The van der Waals surface area contributed by atoms with Gasteiger partial charge in [0, 0.05) is 28.4 Å². The van der Waals surface area contributed by atoms with Crippen molar-refractivity contribution in [1.82, 2.24) is 0 Å². The van der Waals surface area contributed by atoms with Crippen molar-refractivity contribution in [2.24, 2.45) is 5.73 Å². The fourth-order valence-electron chi connectivity index (χ4n) is 4.17. The molecule has 0 aliphatic heterocycles. The number of nitro benzene ring substituents is 2. The number of methoxy groups -OCH3 is 1. The quantitative estimate of drug-likeness (QED) is 0.153. The van der Waals surface area contributed by atoms with Crippen LogP contribution in [0.15, 0.2) is 71.2 Å². The summed E-state index contributed by atoms with van der Waals surface area (Å²) in [5.41, 5.74) is 6.44. The van der Waals surface area contributed by atoms with Gasteiger partial charge in [-0.1, -0.05) is 40.9 Å². The number of halogens is 1. The second-order valence-electron chi connectivity index (χ2n) is 8.73. The number of carbonyl (C=O) groups is 2. The van der Waals surface area contributed by atoms with Crippen molar-refractivity contribution in [3.8, 4) is 5.75 Å². The summed E-state index contributed by atoms with van der Waals surface area (Å²) < 4.78 is 5.91. The standard InChI is InChI=1S/C27H27BrN4O7/c1-39-22-15-16-24(32(37)38)23(17-22)27(34)30(20-13-9-19(28)10-14-20)25(26(29)33)6-4-2-3-5-18-7-11-21(12-8-18)31(35)36/h7-17,25H,2-6H2,1H3,(H2,29,33). The summed E-state index contributed by atoms with van der Waals surface area (Å²) >= 11 is 3.35. The maximum atomic E-state index is 13.8. The molecule has 0 saturated heterocycles. The highest BCUT2D eigenvalue weighted by molar-refractivity contribution is 9.10. The molecule has 0 aromatic heterocycles. The van der Waals surface area contributed by atoms with E-state index >= 15 is 0 Å². The number of non-ortho nitro benzene ring substituents is 1. The van der Waals surface area contributed by atoms with Gasteiger partial charge in [-0.25, -0.2) is 0 Å². The lowest BCUT2D eigenvalue weighted by Gasteiger charge is -2.30. The second kappa shape index (κ2) is 13.5. The highest BCUT2D eigenvalue weighted by atomic mass is 79.9. The molecule has 0 heterocycles. The molecule has 1 atom stereocenters. The molecule has 2 N–H and O–H groups in total. The van der Waals surface area contributed by atoms with Gasteiger partial charge in [-0.05, 0) is 61.2 Å². The summed E-state index contributed by atoms with van der Waals surface area (Å²) in [5.74, 6) is -1.24. The molecule has 204 valence electrons. The number of rotatable bonds is 13. The van der Waals surface area contributed by atoms with Crippen LogP contribution in [0.1, 0.15) is 41.6 Å². The van der Waals surface area contributed by atoms with Crippen molar-refractivity contribution in [2.75, 3.05) is 12.0 Å². The number of ether oxygens (including phenoxy) is 1. The lowest BCUT2D eigenvalue weighted by Crippen LogP contribution is -2.48. The van der Waals surface area contributed by atoms with Crippen LogP contribution in [0.25, 0.3) is 0 Å². The van der Waals surface area contributed by atoms with Gasteiger partial charge >= 0.3 is 0 Å². The molecule has 3 aromatic rings. The molecule has 2 amide bonds. The first-order valence-electron chi connectivity index (χ1n) is 12.1. The Bertz CT molecular complexity index is 1350. The van der Waals surface area contributed by atoms with Gasteiger partial charge in [0.15, 0.2) is 0 Å². The Hall–Kier alpha value is -4.32. The molecule has 0 saturated carbocycles. The third-order valence-corrected chi connectivity index (χ3v) is 6.71. The molecule has 0 radical (unpaired) electrons. The number of nitro groups is 2. The summed E-state index contributed by atoms with van der Waals surface area (Å²) in [4.78, 5) is 49.1. The monoisotopic (exact) mass is 598 g/mol. The van der Waals surface area contributed by atoms with E-state index in [1.165, 1.54) is 42.3 Å². The van der Waals surface area contributed by atoms with E-state index < -0.39 is 33.4 Å². The first-order valence-corrected chi connectivity index (χ1v) is 12.9. The lowest BCUT2D eigenvalue weighted by molar-refractivity contribution is -0.385. The van der Waals surface area contributed by atoms with Crippen molar-refractivity contribution >= 4 is 44.8 Å². The molecule has 0 aliphatic rings. The Morgan fingerprint density at radius 3 is 2.18 bits per heavy atom. The van der Waals surface area contributed by atoms with Crippen molar-refractivity contribution in [3.05, 3.63) is 103 Å². The molecule has 1 unspecified atom stereocenters. The van der Waals surface area contributed by atoms with E-state index in [-0.39, 0.29) is 23.4 Å². The zero-order valence-corrected chi connectivity index (χ0v) is 22.7. The first kappa shape index (κ1) is 29.2. The van der Waals surface area contributed by atoms with Crippen molar-refractivity contribution in [2.45, 2.75) is 38.1 Å². The van der Waals surface area contributed by atoms with Gasteiger partial charge in [0.05, 0.1) is 17.0 Å². The zero-order chi connectivity index (χ0) is 28.5. The fourth-order valence-corrected chi connectivity index (χ4v) is 4.43. The van der Waals surface area contributed by atoms with E-state index in [1.54, 1.807) is 36.4 Å². The number of unbranched alkanes of at least 4 members (excludes halogenated alkanes) is 2. The summed E-state index contributed by atoms with van der Waals surface area (Å²) in [7, 11) is 1.38. The highest BCUT2D eigenvalue weighted by Crippen LogP contribution is 2.30. The van der Waals surface area contributed by atoms with Crippen LogP contribution < -0.4 is 15.4 Å². The van der Waals surface area contributed by atoms with Crippen LogP contribution in [0, 0.1) is 20.2 Å². The van der Waals surface area contributed by atoms with Gasteiger partial charge in [0.25, 0.3) is 17.3 Å². The smallest absolute Gasteiger partial charge is 0.282 e. The molecule has 0 bridgehead atoms. The van der Waals surface area contributed by atoms with E-state index in [1.807, 2.05) is 0 Å². The van der Waals surface area contributed by atoms with E-state index in [0.717, 1.165) is 16.5 Å². The number of hydrogen-bond acceptors (Lipinski definition) is 7. The summed E-state index contributed by atoms with van der Waals surface area (Å²) in [5, 5.41) is 22.5. The molecule has 39 heavy (non-hydrogen) atoms. The van der Waals surface area contributed by atoms with Gasteiger partial charge in [0.1, 0.15) is 17.4 Å². The van der Waals surface area contributed by atoms with Crippen LogP contribution in [-0.2, 0) is 11.2 Å². The number of amides is 2. The number of anilines is 1. The molecule has 12 heteroatoms. The van der Waals surface area contributed by atoms with Gasteiger partial charge < -0.3 is 10.5 Å². The first-order chi connectivity index (χ1) is 18.6. The van der Waals surface area contributed by atoms with Crippen LogP contribution in [0.3, 0.4) is 0 Å². The average Bonchev–Trinajstić information content (AvgIpc) is 2.92. The lowest BCUT2D eigenvalue weighted by atomic mass is 10.0. The maximum absolute atomic E-state index is 13.8. The third kappa shape index (κ3) is 7.60. The fraction of sp³-hybridized carbons (Fsp3) is 0.259. The van der Waals surface area contributed by atoms with Gasteiger partial charge in [-0.2, -0.15) is 0 Å². The predicted octanol–water partition coefficient (Wildman–Crippen LogP) is 5.58. The number of nitrogens with zero attached hydrogens (tertiary/aromatic N) is 3. The number of benzene rings is 3. The second-order valence-corrected chi connectivity index (χ2v) is 9.65. The molecule has 3 rings (SSSR count). The van der Waals surface area contributed by atoms with Crippen molar-refractivity contribution < 1.29 is 24.2 Å². The minimum Gasteiger partial charge on any atom is -0.497 e. The minimum absolute atomic E-state index is 0.0250. The molecule has 0 aliphatic carbocycles. The Kier molecular flexibility index (Phi) is 10.1. The van der Waals surface area contributed by atoms with Crippen LogP contribution in [0.4, 0.5) is 17.1 Å². The Balaban J connectivity index is 1.82. The number of primary amides is 1. The SMILES string of the molecule is COc1ccc([N+](=O)[O-])c(C(=O)N(c2ccc(Br)cc2)C(CCCCCc2ccc([N+](=O)[O-])cc2)C(N)=O)c1. The Morgan fingerprint density at radius 1 is 0.949 bits per heavy atom. The topological polar surface area (TPSA) is 159 Å². The normalized spacial score (nSPS) is 11.4. The van der Waals surface area contributed by atoms with Crippen LogP contribution in [0.5, 0.6) is 5.75 Å². The average molecular weight is 599 g/mol. The van der Waals surface area contributed by atoms with E-state index in [9.17, 15) is 29.8 Å². The number of aryl methyl sites for hydroxylation is 1. The highest BCUT2D eigenvalue weighted by Gasteiger charge is 2.34. The zero-order valence-electron chi connectivity index (χ0n) is 21.1. The summed E-state index contributed by atoms with van der Waals surface area (Å²) in [6, 6.07) is 15.7. The number of nitrogens with two attached hydrogens (primary N) is 1. The maximum Gasteiger partial charge on any atom is 0.282 e. The number of carbonyl (C=O) groups excluding carboxylic acids is 2. The molecule has 0 fully saturated rings. The minimum atomic E-state index is -1.07. The van der Waals surface area contributed by atoms with E-state index in [0.29, 0.717) is 24.9 Å². The summed E-state index contributed by atoms with van der Waals surface area (Å²) in [6.07, 6.45) is 2.90. The third-order valence-electron chi connectivity index (χ3n) is 6.18. The van der Waals surface area contributed by atoms with Crippen molar-refractivity contribution in [3.63, 3.8) is 0 Å². The largest absolute Gasteiger partial charge is 0.497 e. The molecule has 0 spiro atoms. The van der Waals surface area contributed by atoms with Gasteiger partial charge in [0.2, 0.25) is 5.91 Å². The van der Waals surface area contributed by atoms with Crippen LogP contribution in [-0.4, -0.2) is 34.8 Å².